The largest absolute Gasteiger partial charge is 0.484 e. The van der Waals surface area contributed by atoms with Gasteiger partial charge in [-0.3, -0.25) is 0 Å². The molecule has 0 aliphatic carbocycles. The maximum Gasteiger partial charge on any atom is 0.418 e. The number of ether oxygens (including phenoxy) is 1. The van der Waals surface area contributed by atoms with Gasteiger partial charge in [0.05, 0.1) is 11.3 Å². The van der Waals surface area contributed by atoms with Crippen molar-refractivity contribution in [2.45, 2.75) is 25.6 Å². The van der Waals surface area contributed by atoms with E-state index in [0.717, 1.165) is 10.5 Å². The standard InChI is InChI=1S/C21H17BrF5NO2/c22-14-4-6-15(7-5-14)28-10-9-16(21(25,26)27)17(28)12-30-18-8-3-13(2-1-11-29)19(23)20(18)24/h3-10,29H,1-2,11-12H2. The highest BCUT2D eigenvalue weighted by Gasteiger charge is 2.35. The topological polar surface area (TPSA) is 34.4 Å². The van der Waals surface area contributed by atoms with Crippen LogP contribution in [0.2, 0.25) is 0 Å². The first-order valence-electron chi connectivity index (χ1n) is 8.96. The summed E-state index contributed by atoms with van der Waals surface area (Å²) in [7, 11) is 0. The maximum atomic E-state index is 14.3. The predicted molar refractivity (Wildman–Crippen MR) is 105 cm³/mol. The molecule has 1 heterocycles. The van der Waals surface area contributed by atoms with Crippen LogP contribution in [0.1, 0.15) is 23.2 Å². The van der Waals surface area contributed by atoms with Crippen LogP contribution in [0.25, 0.3) is 5.69 Å². The van der Waals surface area contributed by atoms with Crippen molar-refractivity contribution in [3.8, 4) is 11.4 Å². The van der Waals surface area contributed by atoms with Gasteiger partial charge in [0.1, 0.15) is 6.61 Å². The summed E-state index contributed by atoms with van der Waals surface area (Å²) < 4.78 is 76.1. The summed E-state index contributed by atoms with van der Waals surface area (Å²) in [4.78, 5) is 0. The molecule has 3 nitrogen and oxygen atoms in total. The highest BCUT2D eigenvalue weighted by molar-refractivity contribution is 9.10. The molecule has 9 heteroatoms. The molecule has 3 aromatic rings. The molecular formula is C21H17BrF5NO2. The summed E-state index contributed by atoms with van der Waals surface area (Å²) in [5.74, 6) is -2.90. The molecule has 0 bridgehead atoms. The number of hydrogen-bond acceptors (Lipinski definition) is 2. The van der Waals surface area contributed by atoms with Crippen molar-refractivity contribution in [1.82, 2.24) is 4.57 Å². The van der Waals surface area contributed by atoms with Crippen LogP contribution in [-0.2, 0) is 19.2 Å². The number of aryl methyl sites for hydroxylation is 1. The number of nitrogens with zero attached hydrogens (tertiary/aromatic N) is 1. The normalized spacial score (nSPS) is 11.7. The third-order valence-corrected chi connectivity index (χ3v) is 5.03. The number of hydrogen-bond donors (Lipinski definition) is 1. The summed E-state index contributed by atoms with van der Waals surface area (Å²) in [6.07, 6.45) is -3.01. The van der Waals surface area contributed by atoms with E-state index >= 15 is 0 Å². The maximum absolute atomic E-state index is 14.3. The average Bonchev–Trinajstić information content (AvgIpc) is 3.13. The van der Waals surface area contributed by atoms with E-state index in [1.807, 2.05) is 0 Å². The zero-order valence-corrected chi connectivity index (χ0v) is 17.1. The van der Waals surface area contributed by atoms with Gasteiger partial charge in [0, 0.05) is 23.0 Å². The number of aliphatic hydroxyl groups is 1. The van der Waals surface area contributed by atoms with Gasteiger partial charge in [-0.05, 0) is 54.8 Å². The highest BCUT2D eigenvalue weighted by Crippen LogP contribution is 2.35. The Morgan fingerprint density at radius 1 is 0.967 bits per heavy atom. The molecule has 2 aromatic carbocycles. The van der Waals surface area contributed by atoms with Gasteiger partial charge < -0.3 is 14.4 Å². The van der Waals surface area contributed by atoms with Gasteiger partial charge in [-0.15, -0.1) is 0 Å². The lowest BCUT2D eigenvalue weighted by molar-refractivity contribution is -0.138. The number of alkyl halides is 3. The fraction of sp³-hybridized carbons (Fsp3) is 0.238. The molecule has 0 radical (unpaired) electrons. The molecule has 0 saturated carbocycles. The minimum Gasteiger partial charge on any atom is -0.484 e. The molecule has 1 aromatic heterocycles. The summed E-state index contributed by atoms with van der Waals surface area (Å²) in [6, 6.07) is 9.96. The van der Waals surface area contributed by atoms with Crippen LogP contribution in [0.15, 0.2) is 53.1 Å². The number of rotatable bonds is 7. The first-order chi connectivity index (χ1) is 14.2. The lowest BCUT2D eigenvalue weighted by Crippen LogP contribution is -2.13. The molecular weight excluding hydrogens is 473 g/mol. The highest BCUT2D eigenvalue weighted by atomic mass is 79.9. The fourth-order valence-corrected chi connectivity index (χ4v) is 3.27. The molecule has 0 aliphatic heterocycles. The molecule has 0 fully saturated rings. The number of aromatic nitrogens is 1. The Morgan fingerprint density at radius 3 is 2.30 bits per heavy atom. The van der Waals surface area contributed by atoms with Gasteiger partial charge in [0.2, 0.25) is 5.82 Å². The fourth-order valence-electron chi connectivity index (χ4n) is 3.01. The van der Waals surface area contributed by atoms with Crippen LogP contribution in [0.4, 0.5) is 22.0 Å². The van der Waals surface area contributed by atoms with E-state index in [9.17, 15) is 22.0 Å². The number of benzene rings is 2. The lowest BCUT2D eigenvalue weighted by Gasteiger charge is -2.15. The molecule has 0 unspecified atom stereocenters. The summed E-state index contributed by atoms with van der Waals surface area (Å²) in [6.45, 7) is -0.795. The number of aliphatic hydroxyl groups excluding tert-OH is 1. The molecule has 0 atom stereocenters. The zero-order valence-electron chi connectivity index (χ0n) is 15.5. The summed E-state index contributed by atoms with van der Waals surface area (Å²) >= 11 is 3.27. The van der Waals surface area contributed by atoms with Gasteiger partial charge in [0.25, 0.3) is 0 Å². The van der Waals surface area contributed by atoms with Gasteiger partial charge in [-0.2, -0.15) is 17.6 Å². The minimum absolute atomic E-state index is 0.0584. The van der Waals surface area contributed by atoms with Crippen molar-refractivity contribution in [3.63, 3.8) is 0 Å². The quantitative estimate of drug-likeness (QED) is 0.410. The molecule has 0 saturated heterocycles. The summed E-state index contributed by atoms with van der Waals surface area (Å²) in [5.41, 5.74) is -0.652. The van der Waals surface area contributed by atoms with Crippen molar-refractivity contribution < 1.29 is 31.8 Å². The Balaban J connectivity index is 1.92. The Kier molecular flexibility index (Phi) is 6.82. The van der Waals surface area contributed by atoms with Gasteiger partial charge in [-0.1, -0.05) is 22.0 Å². The second kappa shape index (κ2) is 9.18. The van der Waals surface area contributed by atoms with Crippen LogP contribution in [-0.4, -0.2) is 16.3 Å². The Morgan fingerprint density at radius 2 is 1.67 bits per heavy atom. The van der Waals surface area contributed by atoms with Crippen LogP contribution in [0, 0.1) is 11.6 Å². The molecule has 3 rings (SSSR count). The third-order valence-electron chi connectivity index (χ3n) is 4.50. The van der Waals surface area contributed by atoms with E-state index in [-0.39, 0.29) is 30.7 Å². The number of halogens is 6. The minimum atomic E-state index is -4.64. The Bertz CT molecular complexity index is 1020. The third kappa shape index (κ3) is 4.84. The Labute approximate surface area is 177 Å². The van der Waals surface area contributed by atoms with Crippen molar-refractivity contribution in [2.24, 2.45) is 0 Å². The van der Waals surface area contributed by atoms with Crippen molar-refractivity contribution >= 4 is 15.9 Å². The van der Waals surface area contributed by atoms with Crippen LogP contribution >= 0.6 is 15.9 Å². The second-order valence-corrected chi connectivity index (χ2v) is 7.40. The van der Waals surface area contributed by atoms with E-state index in [0.29, 0.717) is 5.69 Å². The van der Waals surface area contributed by atoms with Crippen molar-refractivity contribution in [1.29, 1.82) is 0 Å². The summed E-state index contributed by atoms with van der Waals surface area (Å²) in [5, 5.41) is 8.82. The van der Waals surface area contributed by atoms with Crippen molar-refractivity contribution in [3.05, 3.63) is 81.6 Å². The van der Waals surface area contributed by atoms with E-state index < -0.39 is 35.7 Å². The van der Waals surface area contributed by atoms with Gasteiger partial charge in [0.15, 0.2) is 11.6 Å². The second-order valence-electron chi connectivity index (χ2n) is 6.49. The molecule has 0 amide bonds. The molecule has 1 N–H and O–H groups in total. The zero-order chi connectivity index (χ0) is 21.9. The van der Waals surface area contributed by atoms with E-state index in [1.165, 1.54) is 22.9 Å². The molecule has 30 heavy (non-hydrogen) atoms. The van der Waals surface area contributed by atoms with Crippen LogP contribution < -0.4 is 4.74 Å². The monoisotopic (exact) mass is 489 g/mol. The van der Waals surface area contributed by atoms with Crippen molar-refractivity contribution in [2.75, 3.05) is 6.61 Å². The van der Waals surface area contributed by atoms with E-state index in [4.69, 9.17) is 9.84 Å². The molecule has 160 valence electrons. The van der Waals surface area contributed by atoms with Gasteiger partial charge in [-0.25, -0.2) is 4.39 Å². The van der Waals surface area contributed by atoms with Crippen LogP contribution in [0.5, 0.6) is 5.75 Å². The first-order valence-corrected chi connectivity index (χ1v) is 9.75. The van der Waals surface area contributed by atoms with Gasteiger partial charge >= 0.3 is 6.18 Å². The predicted octanol–water partition coefficient (Wildman–Crippen LogP) is 6.04. The SMILES string of the molecule is OCCCc1ccc(OCc2c(C(F)(F)F)ccn2-c2ccc(Br)cc2)c(F)c1F. The average molecular weight is 490 g/mol. The Hall–Kier alpha value is -2.39. The lowest BCUT2D eigenvalue weighted by atomic mass is 10.1. The first kappa shape index (κ1) is 22.3. The molecule has 0 spiro atoms. The smallest absolute Gasteiger partial charge is 0.418 e. The van der Waals surface area contributed by atoms with Crippen LogP contribution in [0.3, 0.4) is 0 Å². The molecule has 0 aliphatic rings. The van der Waals surface area contributed by atoms with E-state index in [2.05, 4.69) is 15.9 Å². The van der Waals surface area contributed by atoms with E-state index in [1.54, 1.807) is 24.3 Å².